The predicted molar refractivity (Wildman–Crippen MR) is 136 cm³/mol. The van der Waals surface area contributed by atoms with Gasteiger partial charge >= 0.3 is 5.97 Å². The summed E-state index contributed by atoms with van der Waals surface area (Å²) in [6, 6.07) is 0.734. The molecule has 0 aromatic rings. The van der Waals surface area contributed by atoms with E-state index in [1.54, 1.807) is 7.05 Å². The molecule has 3 N–H and O–H groups in total. The normalized spacial score (nSPS) is 21.6. The summed E-state index contributed by atoms with van der Waals surface area (Å²) < 4.78 is 5.33. The Hall–Kier alpha value is -1.06. The number of guanidine groups is 1. The Balaban J connectivity index is 0.00000480. The van der Waals surface area contributed by atoms with Crippen molar-refractivity contribution < 1.29 is 14.3 Å². The number of aliphatic imine (C=N–C) groups is 1. The molecule has 2 rings (SSSR count). The standard InChI is InChI=1S/C23H42N4O3.HI/c1-23(2,3)30-20(28)12-7-5-6-8-15-25-22(24-4)27-19-11-9-10-17(16-19)21(29)26-18-13-14-18;/h17-19H,5-16H2,1-4H3,(H,26,29)(H2,24,25,27);1H. The zero-order valence-electron chi connectivity index (χ0n) is 19.8. The molecule has 2 atom stereocenters. The number of amides is 1. The molecule has 1 amide bonds. The zero-order valence-corrected chi connectivity index (χ0v) is 22.1. The Morgan fingerprint density at radius 1 is 0.968 bits per heavy atom. The third kappa shape index (κ3) is 12.5. The monoisotopic (exact) mass is 550 g/mol. The first-order valence-corrected chi connectivity index (χ1v) is 11.8. The van der Waals surface area contributed by atoms with Gasteiger partial charge in [0.2, 0.25) is 5.91 Å². The summed E-state index contributed by atoms with van der Waals surface area (Å²) >= 11 is 0. The molecule has 0 aliphatic heterocycles. The summed E-state index contributed by atoms with van der Waals surface area (Å²) in [6.45, 7) is 6.54. The lowest BCUT2D eigenvalue weighted by atomic mass is 9.85. The van der Waals surface area contributed by atoms with Crippen LogP contribution >= 0.6 is 24.0 Å². The van der Waals surface area contributed by atoms with Gasteiger partial charge in [-0.15, -0.1) is 24.0 Å². The Labute approximate surface area is 205 Å². The Kier molecular flexibility index (Phi) is 12.8. The lowest BCUT2D eigenvalue weighted by Gasteiger charge is -2.30. The summed E-state index contributed by atoms with van der Waals surface area (Å²) in [7, 11) is 1.79. The Morgan fingerprint density at radius 3 is 2.32 bits per heavy atom. The largest absolute Gasteiger partial charge is 0.460 e. The first kappa shape index (κ1) is 28.0. The molecule has 2 aliphatic rings. The molecule has 2 unspecified atom stereocenters. The van der Waals surface area contributed by atoms with Crippen LogP contribution in [0, 0.1) is 5.92 Å². The van der Waals surface area contributed by atoms with E-state index in [0.29, 0.717) is 18.5 Å². The van der Waals surface area contributed by atoms with Gasteiger partial charge in [0.25, 0.3) is 0 Å². The highest BCUT2D eigenvalue weighted by atomic mass is 127. The molecule has 8 heteroatoms. The second-order valence-corrected chi connectivity index (χ2v) is 9.74. The lowest BCUT2D eigenvalue weighted by molar-refractivity contribution is -0.154. The van der Waals surface area contributed by atoms with Gasteiger partial charge in [-0.1, -0.05) is 19.3 Å². The van der Waals surface area contributed by atoms with Crippen molar-refractivity contribution in [3.8, 4) is 0 Å². The summed E-state index contributed by atoms with van der Waals surface area (Å²) in [5.41, 5.74) is -0.400. The molecule has 0 aromatic heterocycles. The van der Waals surface area contributed by atoms with Gasteiger partial charge < -0.3 is 20.7 Å². The number of esters is 1. The number of hydrogen-bond acceptors (Lipinski definition) is 4. The molecule has 7 nitrogen and oxygen atoms in total. The van der Waals surface area contributed by atoms with Gasteiger partial charge in [-0.3, -0.25) is 14.6 Å². The van der Waals surface area contributed by atoms with Gasteiger partial charge in [-0.2, -0.15) is 0 Å². The van der Waals surface area contributed by atoms with E-state index in [4.69, 9.17) is 4.74 Å². The molecular weight excluding hydrogens is 507 g/mol. The molecule has 0 bridgehead atoms. The Morgan fingerprint density at radius 2 is 1.68 bits per heavy atom. The number of hydrogen-bond donors (Lipinski definition) is 3. The molecule has 31 heavy (non-hydrogen) atoms. The SMILES string of the molecule is CN=C(NCCCCCCC(=O)OC(C)(C)C)NC1CCCC(C(=O)NC2CC2)C1.I. The quantitative estimate of drug-likeness (QED) is 0.126. The highest BCUT2D eigenvalue weighted by molar-refractivity contribution is 14.0. The summed E-state index contributed by atoms with van der Waals surface area (Å²) in [6.07, 6.45) is 10.8. The van der Waals surface area contributed by atoms with E-state index in [1.165, 1.54) is 0 Å². The molecular formula is C23H43IN4O3. The van der Waals surface area contributed by atoms with E-state index in [9.17, 15) is 9.59 Å². The van der Waals surface area contributed by atoms with Crippen LogP contribution in [-0.2, 0) is 14.3 Å². The zero-order chi connectivity index (χ0) is 22.0. The predicted octanol–water partition coefficient (Wildman–Crippen LogP) is 3.90. The number of ether oxygens (including phenoxy) is 1. The van der Waals surface area contributed by atoms with Crippen LogP contribution in [0.4, 0.5) is 0 Å². The van der Waals surface area contributed by atoms with Crippen LogP contribution in [0.2, 0.25) is 0 Å². The fourth-order valence-electron chi connectivity index (χ4n) is 3.84. The maximum absolute atomic E-state index is 12.3. The van der Waals surface area contributed by atoms with Gasteiger partial charge in [0, 0.05) is 38.0 Å². The first-order valence-electron chi connectivity index (χ1n) is 11.8. The number of carbonyl (C=O) groups is 2. The van der Waals surface area contributed by atoms with E-state index in [2.05, 4.69) is 20.9 Å². The summed E-state index contributed by atoms with van der Waals surface area (Å²) in [5, 5.41) is 10.0. The second-order valence-electron chi connectivity index (χ2n) is 9.74. The van der Waals surface area contributed by atoms with Crippen LogP contribution in [0.1, 0.15) is 91.4 Å². The fourth-order valence-corrected chi connectivity index (χ4v) is 3.84. The number of nitrogens with one attached hydrogen (secondary N) is 3. The van der Waals surface area contributed by atoms with Crippen LogP contribution in [-0.4, -0.2) is 49.1 Å². The van der Waals surface area contributed by atoms with Crippen molar-refractivity contribution in [2.45, 2.75) is 109 Å². The molecule has 2 fully saturated rings. The van der Waals surface area contributed by atoms with Crippen molar-refractivity contribution in [3.05, 3.63) is 0 Å². The van der Waals surface area contributed by atoms with Gasteiger partial charge in [-0.25, -0.2) is 0 Å². The molecule has 2 aliphatic carbocycles. The minimum Gasteiger partial charge on any atom is -0.460 e. The van der Waals surface area contributed by atoms with Gasteiger partial charge in [0.1, 0.15) is 5.60 Å². The average Bonchev–Trinajstić information content (AvgIpc) is 3.49. The van der Waals surface area contributed by atoms with Crippen LogP contribution < -0.4 is 16.0 Å². The number of nitrogens with zero attached hydrogens (tertiary/aromatic N) is 1. The van der Waals surface area contributed by atoms with Crippen molar-refractivity contribution in [1.29, 1.82) is 0 Å². The van der Waals surface area contributed by atoms with Crippen molar-refractivity contribution in [1.82, 2.24) is 16.0 Å². The molecule has 0 radical (unpaired) electrons. The van der Waals surface area contributed by atoms with Crippen molar-refractivity contribution in [2.24, 2.45) is 10.9 Å². The maximum Gasteiger partial charge on any atom is 0.306 e. The number of unbranched alkanes of at least 4 members (excludes halogenated alkanes) is 3. The third-order valence-corrected chi connectivity index (χ3v) is 5.55. The number of rotatable bonds is 10. The molecule has 2 saturated carbocycles. The summed E-state index contributed by atoms with van der Waals surface area (Å²) in [4.78, 5) is 28.4. The van der Waals surface area contributed by atoms with Crippen LogP contribution in [0.15, 0.2) is 4.99 Å². The molecule has 0 heterocycles. The Bertz CT molecular complexity index is 588. The smallest absolute Gasteiger partial charge is 0.306 e. The van der Waals surface area contributed by atoms with Crippen LogP contribution in [0.25, 0.3) is 0 Å². The maximum atomic E-state index is 12.3. The highest BCUT2D eigenvalue weighted by Crippen LogP contribution is 2.26. The second kappa shape index (κ2) is 14.2. The van der Waals surface area contributed by atoms with Gasteiger partial charge in [0.15, 0.2) is 5.96 Å². The fraction of sp³-hybridized carbons (Fsp3) is 0.870. The van der Waals surface area contributed by atoms with Gasteiger partial charge in [0.05, 0.1) is 0 Å². The molecule has 0 saturated heterocycles. The minimum atomic E-state index is -0.400. The highest BCUT2D eigenvalue weighted by Gasteiger charge is 2.31. The van der Waals surface area contributed by atoms with Crippen molar-refractivity contribution >= 4 is 41.8 Å². The summed E-state index contributed by atoms with van der Waals surface area (Å²) in [5.74, 6) is 1.07. The van der Waals surface area contributed by atoms with E-state index >= 15 is 0 Å². The minimum absolute atomic E-state index is 0. The van der Waals surface area contributed by atoms with E-state index < -0.39 is 5.60 Å². The van der Waals surface area contributed by atoms with Crippen LogP contribution in [0.3, 0.4) is 0 Å². The van der Waals surface area contributed by atoms with Crippen molar-refractivity contribution in [2.75, 3.05) is 13.6 Å². The van der Waals surface area contributed by atoms with Crippen LogP contribution in [0.5, 0.6) is 0 Å². The molecule has 0 aromatic carbocycles. The molecule has 0 spiro atoms. The first-order chi connectivity index (χ1) is 14.3. The lowest BCUT2D eigenvalue weighted by Crippen LogP contribution is -2.47. The van der Waals surface area contributed by atoms with E-state index in [-0.39, 0.29) is 41.8 Å². The van der Waals surface area contributed by atoms with E-state index in [0.717, 1.165) is 76.7 Å². The number of carbonyl (C=O) groups excluding carboxylic acids is 2. The molecule has 180 valence electrons. The van der Waals surface area contributed by atoms with Crippen molar-refractivity contribution in [3.63, 3.8) is 0 Å². The van der Waals surface area contributed by atoms with E-state index in [1.807, 2.05) is 20.8 Å². The third-order valence-electron chi connectivity index (χ3n) is 5.55. The topological polar surface area (TPSA) is 91.8 Å². The van der Waals surface area contributed by atoms with Gasteiger partial charge in [-0.05, 0) is 65.7 Å². The average molecular weight is 551 g/mol. The number of halogens is 1.